The number of thioether (sulfide) groups is 1. The number of hydrogen-bond acceptors (Lipinski definition) is 4. The van der Waals surface area contributed by atoms with Gasteiger partial charge in [0.05, 0.1) is 4.91 Å². The Morgan fingerprint density at radius 1 is 1.17 bits per heavy atom. The molecule has 3 rings (SSSR count). The summed E-state index contributed by atoms with van der Waals surface area (Å²) >= 11 is 7.42. The zero-order valence-electron chi connectivity index (χ0n) is 12.2. The first-order chi connectivity index (χ1) is 11.0. The van der Waals surface area contributed by atoms with Gasteiger partial charge in [-0.15, -0.1) is 0 Å². The fourth-order valence-electron chi connectivity index (χ4n) is 2.06. The summed E-state index contributed by atoms with van der Waals surface area (Å²) in [5.74, 6) is -0.0888. The number of amidine groups is 1. The lowest BCUT2D eigenvalue weighted by atomic mass is 10.2. The van der Waals surface area contributed by atoms with Crippen LogP contribution in [0.1, 0.15) is 5.56 Å². The maximum absolute atomic E-state index is 12.1. The van der Waals surface area contributed by atoms with Crippen LogP contribution in [0.4, 0.5) is 5.69 Å². The standard InChI is InChI=1S/C17H13ClN2O2S/c1-20(12-6-8-13(21)9-7-12)17-19-16(22)15(23-17)10-11-4-2-3-5-14(11)18/h2-10,21H,1H3/b15-10+. The van der Waals surface area contributed by atoms with Gasteiger partial charge in [-0.3, -0.25) is 4.79 Å². The predicted molar refractivity (Wildman–Crippen MR) is 96.0 cm³/mol. The Kier molecular flexibility index (Phi) is 4.41. The monoisotopic (exact) mass is 344 g/mol. The Bertz CT molecular complexity index is 816. The third kappa shape index (κ3) is 3.41. The van der Waals surface area contributed by atoms with Gasteiger partial charge in [0.1, 0.15) is 5.75 Å². The van der Waals surface area contributed by atoms with Crippen molar-refractivity contribution >= 4 is 46.2 Å². The van der Waals surface area contributed by atoms with Crippen LogP contribution in [0.2, 0.25) is 5.02 Å². The van der Waals surface area contributed by atoms with E-state index in [1.54, 1.807) is 41.3 Å². The summed E-state index contributed by atoms with van der Waals surface area (Å²) in [6.45, 7) is 0. The predicted octanol–water partition coefficient (Wildman–Crippen LogP) is 4.15. The summed E-state index contributed by atoms with van der Waals surface area (Å²) in [5.41, 5.74) is 1.62. The van der Waals surface area contributed by atoms with Crippen LogP contribution < -0.4 is 4.90 Å². The van der Waals surface area contributed by atoms with E-state index in [0.29, 0.717) is 15.1 Å². The second-order valence-electron chi connectivity index (χ2n) is 4.91. The zero-order chi connectivity index (χ0) is 16.4. The van der Waals surface area contributed by atoms with E-state index >= 15 is 0 Å². The van der Waals surface area contributed by atoms with Crippen LogP contribution in [0.5, 0.6) is 5.75 Å². The molecule has 4 nitrogen and oxygen atoms in total. The molecule has 0 aliphatic carbocycles. The van der Waals surface area contributed by atoms with Crippen molar-refractivity contribution in [2.24, 2.45) is 4.99 Å². The van der Waals surface area contributed by atoms with E-state index in [2.05, 4.69) is 4.99 Å². The number of amides is 1. The van der Waals surface area contributed by atoms with E-state index in [9.17, 15) is 9.90 Å². The molecule has 0 saturated carbocycles. The molecule has 1 heterocycles. The molecule has 1 aliphatic heterocycles. The Hall–Kier alpha value is -2.24. The molecule has 2 aromatic rings. The highest BCUT2D eigenvalue weighted by atomic mass is 35.5. The smallest absolute Gasteiger partial charge is 0.286 e. The van der Waals surface area contributed by atoms with Crippen LogP contribution in [0.25, 0.3) is 6.08 Å². The lowest BCUT2D eigenvalue weighted by Crippen LogP contribution is -2.21. The summed E-state index contributed by atoms with van der Waals surface area (Å²) in [4.78, 5) is 18.5. The van der Waals surface area contributed by atoms with E-state index in [-0.39, 0.29) is 11.7 Å². The number of carbonyl (C=O) groups excluding carboxylic acids is 1. The van der Waals surface area contributed by atoms with Gasteiger partial charge >= 0.3 is 0 Å². The quantitative estimate of drug-likeness (QED) is 0.831. The zero-order valence-corrected chi connectivity index (χ0v) is 13.8. The van der Waals surface area contributed by atoms with E-state index in [1.807, 2.05) is 25.2 Å². The summed E-state index contributed by atoms with van der Waals surface area (Å²) in [6.07, 6.45) is 1.75. The number of phenols is 1. The Morgan fingerprint density at radius 2 is 1.87 bits per heavy atom. The highest BCUT2D eigenvalue weighted by Gasteiger charge is 2.25. The van der Waals surface area contributed by atoms with E-state index in [4.69, 9.17) is 11.6 Å². The number of carbonyl (C=O) groups is 1. The van der Waals surface area contributed by atoms with Crippen molar-refractivity contribution in [3.05, 3.63) is 64.0 Å². The molecule has 0 saturated heterocycles. The minimum Gasteiger partial charge on any atom is -0.508 e. The lowest BCUT2D eigenvalue weighted by Gasteiger charge is -2.17. The first-order valence-electron chi connectivity index (χ1n) is 6.84. The van der Waals surface area contributed by atoms with Crippen molar-refractivity contribution in [3.63, 3.8) is 0 Å². The SMILES string of the molecule is CN(C1=NC(=O)/C(=C\c2ccccc2Cl)S1)c1ccc(O)cc1. The second kappa shape index (κ2) is 6.48. The van der Waals surface area contributed by atoms with Crippen molar-refractivity contribution in [2.45, 2.75) is 0 Å². The van der Waals surface area contributed by atoms with Gasteiger partial charge in [-0.25, -0.2) is 0 Å². The minimum absolute atomic E-state index is 0.193. The highest BCUT2D eigenvalue weighted by molar-refractivity contribution is 8.18. The Balaban J connectivity index is 1.82. The average molecular weight is 345 g/mol. The van der Waals surface area contributed by atoms with Crippen molar-refractivity contribution in [2.75, 3.05) is 11.9 Å². The van der Waals surface area contributed by atoms with Crippen LogP contribution in [-0.2, 0) is 4.79 Å². The van der Waals surface area contributed by atoms with E-state index in [1.165, 1.54) is 11.8 Å². The molecule has 23 heavy (non-hydrogen) atoms. The van der Waals surface area contributed by atoms with Gasteiger partial charge in [-0.05, 0) is 53.7 Å². The van der Waals surface area contributed by atoms with E-state index in [0.717, 1.165) is 11.3 Å². The molecular formula is C17H13ClN2O2S. The minimum atomic E-state index is -0.282. The maximum Gasteiger partial charge on any atom is 0.286 e. The molecular weight excluding hydrogens is 332 g/mol. The number of aromatic hydroxyl groups is 1. The van der Waals surface area contributed by atoms with Gasteiger partial charge in [0.2, 0.25) is 0 Å². The molecule has 116 valence electrons. The van der Waals surface area contributed by atoms with Crippen molar-refractivity contribution in [3.8, 4) is 5.75 Å². The fourth-order valence-corrected chi connectivity index (χ4v) is 3.14. The largest absolute Gasteiger partial charge is 0.508 e. The average Bonchev–Trinajstić information content (AvgIpc) is 2.91. The van der Waals surface area contributed by atoms with Crippen LogP contribution in [0.3, 0.4) is 0 Å². The molecule has 0 fully saturated rings. The van der Waals surface area contributed by atoms with Crippen LogP contribution in [0.15, 0.2) is 58.4 Å². The van der Waals surface area contributed by atoms with Crippen LogP contribution >= 0.6 is 23.4 Å². The van der Waals surface area contributed by atoms with Crippen LogP contribution in [0, 0.1) is 0 Å². The molecule has 1 amide bonds. The van der Waals surface area contributed by atoms with Gasteiger partial charge in [-0.2, -0.15) is 4.99 Å². The first-order valence-corrected chi connectivity index (χ1v) is 8.04. The first kappa shape index (κ1) is 15.6. The molecule has 6 heteroatoms. The van der Waals surface area contributed by atoms with E-state index < -0.39 is 0 Å². The molecule has 1 aliphatic rings. The highest BCUT2D eigenvalue weighted by Crippen LogP contribution is 2.33. The van der Waals surface area contributed by atoms with Crippen LogP contribution in [-0.4, -0.2) is 23.2 Å². The molecule has 0 bridgehead atoms. The number of hydrogen-bond donors (Lipinski definition) is 1. The summed E-state index contributed by atoms with van der Waals surface area (Å²) < 4.78 is 0. The molecule has 0 aromatic heterocycles. The third-order valence-corrected chi connectivity index (χ3v) is 4.73. The topological polar surface area (TPSA) is 52.9 Å². The van der Waals surface area contributed by atoms with Crippen molar-refractivity contribution < 1.29 is 9.90 Å². The molecule has 1 N–H and O–H groups in total. The summed E-state index contributed by atoms with van der Waals surface area (Å²) in [5, 5.41) is 10.5. The van der Waals surface area contributed by atoms with Crippen molar-refractivity contribution in [1.82, 2.24) is 0 Å². The summed E-state index contributed by atoms with van der Waals surface area (Å²) in [6, 6.07) is 14.0. The molecule has 0 spiro atoms. The number of phenolic OH excluding ortho intramolecular Hbond substituents is 1. The number of benzene rings is 2. The number of halogens is 1. The molecule has 2 aromatic carbocycles. The Morgan fingerprint density at radius 3 is 2.57 bits per heavy atom. The lowest BCUT2D eigenvalue weighted by molar-refractivity contribution is -0.113. The normalized spacial score (nSPS) is 15.8. The maximum atomic E-state index is 12.1. The fraction of sp³-hybridized carbons (Fsp3) is 0.0588. The van der Waals surface area contributed by atoms with Gasteiger partial charge in [0, 0.05) is 17.8 Å². The van der Waals surface area contributed by atoms with Gasteiger partial charge < -0.3 is 10.0 Å². The molecule has 0 radical (unpaired) electrons. The third-order valence-electron chi connectivity index (χ3n) is 3.32. The summed E-state index contributed by atoms with van der Waals surface area (Å²) in [7, 11) is 1.82. The second-order valence-corrected chi connectivity index (χ2v) is 6.32. The molecule has 0 atom stereocenters. The van der Waals surface area contributed by atoms with Gasteiger partial charge in [-0.1, -0.05) is 29.8 Å². The number of nitrogens with zero attached hydrogens (tertiary/aromatic N) is 2. The number of rotatable bonds is 2. The number of aliphatic imine (C=N–C) groups is 1. The molecule has 0 unspecified atom stereocenters. The van der Waals surface area contributed by atoms with Crippen molar-refractivity contribution in [1.29, 1.82) is 0 Å². The Labute approximate surface area is 143 Å². The van der Waals surface area contributed by atoms with Gasteiger partial charge in [0.25, 0.3) is 5.91 Å². The van der Waals surface area contributed by atoms with Gasteiger partial charge in [0.15, 0.2) is 5.17 Å². The number of anilines is 1.